The van der Waals surface area contributed by atoms with Gasteiger partial charge in [-0.15, -0.1) is 0 Å². The minimum Gasteiger partial charge on any atom is -0.465 e. The van der Waals surface area contributed by atoms with Crippen LogP contribution in [0.5, 0.6) is 0 Å². The van der Waals surface area contributed by atoms with Crippen molar-refractivity contribution < 1.29 is 9.53 Å². The number of pyridine rings is 1. The lowest BCUT2D eigenvalue weighted by Gasteiger charge is -2.08. The number of hydrazone groups is 1. The summed E-state index contributed by atoms with van der Waals surface area (Å²) in [4.78, 5) is 15.4. The SMILES string of the molecule is CCOC(=O)CNC(=S)N/N=C(\CC)c1ccccn1. The lowest BCUT2D eigenvalue weighted by atomic mass is 10.2. The summed E-state index contributed by atoms with van der Waals surface area (Å²) in [7, 11) is 0. The Labute approximate surface area is 123 Å². The van der Waals surface area contributed by atoms with Gasteiger partial charge in [0.25, 0.3) is 0 Å². The molecule has 0 saturated heterocycles. The van der Waals surface area contributed by atoms with E-state index in [2.05, 4.69) is 20.8 Å². The van der Waals surface area contributed by atoms with E-state index in [9.17, 15) is 4.79 Å². The van der Waals surface area contributed by atoms with E-state index >= 15 is 0 Å². The summed E-state index contributed by atoms with van der Waals surface area (Å²) in [6.07, 6.45) is 2.42. The van der Waals surface area contributed by atoms with Gasteiger partial charge in [-0.1, -0.05) is 13.0 Å². The van der Waals surface area contributed by atoms with Gasteiger partial charge in [-0.3, -0.25) is 15.2 Å². The van der Waals surface area contributed by atoms with Crippen LogP contribution in [0.2, 0.25) is 0 Å². The van der Waals surface area contributed by atoms with Crippen molar-refractivity contribution in [3.8, 4) is 0 Å². The number of thiocarbonyl (C=S) groups is 1. The number of esters is 1. The second-order valence-electron chi connectivity index (χ2n) is 3.73. The van der Waals surface area contributed by atoms with Crippen molar-refractivity contribution in [1.82, 2.24) is 15.7 Å². The number of nitrogens with zero attached hydrogens (tertiary/aromatic N) is 2. The molecule has 1 aromatic heterocycles. The zero-order valence-electron chi connectivity index (χ0n) is 11.5. The summed E-state index contributed by atoms with van der Waals surface area (Å²) in [6.45, 7) is 4.09. The van der Waals surface area contributed by atoms with E-state index in [-0.39, 0.29) is 17.6 Å². The summed E-state index contributed by atoms with van der Waals surface area (Å²) < 4.78 is 4.77. The van der Waals surface area contributed by atoms with Crippen LogP contribution < -0.4 is 10.7 Å². The molecule has 0 aliphatic heterocycles. The fraction of sp³-hybridized carbons (Fsp3) is 0.385. The van der Waals surface area contributed by atoms with E-state index < -0.39 is 0 Å². The van der Waals surface area contributed by atoms with Crippen molar-refractivity contribution in [2.24, 2.45) is 5.10 Å². The minimum absolute atomic E-state index is 0.0141. The van der Waals surface area contributed by atoms with E-state index in [1.165, 1.54) is 0 Å². The molecule has 1 aromatic rings. The highest BCUT2D eigenvalue weighted by molar-refractivity contribution is 7.80. The lowest BCUT2D eigenvalue weighted by molar-refractivity contribution is -0.141. The van der Waals surface area contributed by atoms with E-state index in [1.807, 2.05) is 25.1 Å². The van der Waals surface area contributed by atoms with Crippen LogP contribution in [0.1, 0.15) is 26.0 Å². The van der Waals surface area contributed by atoms with Crippen molar-refractivity contribution in [3.63, 3.8) is 0 Å². The van der Waals surface area contributed by atoms with E-state index in [0.29, 0.717) is 13.0 Å². The molecular weight excluding hydrogens is 276 g/mol. The van der Waals surface area contributed by atoms with Crippen molar-refractivity contribution in [2.45, 2.75) is 20.3 Å². The van der Waals surface area contributed by atoms with Crippen LogP contribution in [0.25, 0.3) is 0 Å². The first-order valence-corrected chi connectivity index (χ1v) is 6.75. The van der Waals surface area contributed by atoms with Gasteiger partial charge in [-0.25, -0.2) is 0 Å². The summed E-state index contributed by atoms with van der Waals surface area (Å²) in [5, 5.41) is 7.16. The Hall–Kier alpha value is -2.02. The third-order valence-electron chi connectivity index (χ3n) is 2.29. The van der Waals surface area contributed by atoms with Gasteiger partial charge >= 0.3 is 5.97 Å². The second kappa shape index (κ2) is 8.98. The molecule has 0 aromatic carbocycles. The molecule has 1 rings (SSSR count). The number of ether oxygens (including phenoxy) is 1. The Morgan fingerprint density at radius 2 is 2.25 bits per heavy atom. The average molecular weight is 294 g/mol. The van der Waals surface area contributed by atoms with Crippen LogP contribution in [0.15, 0.2) is 29.5 Å². The summed E-state index contributed by atoms with van der Waals surface area (Å²) in [6, 6.07) is 5.61. The normalized spacial score (nSPS) is 10.8. The van der Waals surface area contributed by atoms with E-state index in [4.69, 9.17) is 17.0 Å². The Morgan fingerprint density at radius 1 is 1.45 bits per heavy atom. The predicted molar refractivity (Wildman–Crippen MR) is 81.4 cm³/mol. The third-order valence-corrected chi connectivity index (χ3v) is 2.52. The Kier molecular flexibility index (Phi) is 7.20. The molecule has 0 aliphatic rings. The molecule has 0 atom stereocenters. The molecular formula is C13H18N4O2S. The maximum Gasteiger partial charge on any atom is 0.325 e. The summed E-state index contributed by atoms with van der Waals surface area (Å²) in [5.41, 5.74) is 4.26. The van der Waals surface area contributed by atoms with Crippen LogP contribution in [0.3, 0.4) is 0 Å². The highest BCUT2D eigenvalue weighted by Crippen LogP contribution is 1.99. The first-order valence-electron chi connectivity index (χ1n) is 6.34. The molecule has 0 spiro atoms. The minimum atomic E-state index is -0.360. The summed E-state index contributed by atoms with van der Waals surface area (Å²) in [5.74, 6) is -0.360. The first-order chi connectivity index (χ1) is 9.67. The molecule has 0 amide bonds. The number of hydrogen-bond acceptors (Lipinski definition) is 5. The van der Waals surface area contributed by atoms with Crippen molar-refractivity contribution in [1.29, 1.82) is 0 Å². The summed E-state index contributed by atoms with van der Waals surface area (Å²) >= 11 is 5.02. The van der Waals surface area contributed by atoms with Gasteiger partial charge < -0.3 is 10.1 Å². The quantitative estimate of drug-likeness (QED) is 0.356. The molecule has 2 N–H and O–H groups in total. The van der Waals surface area contributed by atoms with Crippen molar-refractivity contribution in [3.05, 3.63) is 30.1 Å². The molecule has 6 nitrogen and oxygen atoms in total. The van der Waals surface area contributed by atoms with Gasteiger partial charge in [-0.2, -0.15) is 5.10 Å². The number of rotatable bonds is 6. The molecule has 1 heterocycles. The van der Waals surface area contributed by atoms with Gasteiger partial charge in [0.15, 0.2) is 5.11 Å². The highest BCUT2D eigenvalue weighted by Gasteiger charge is 2.04. The van der Waals surface area contributed by atoms with Gasteiger partial charge in [-0.05, 0) is 37.7 Å². The zero-order valence-corrected chi connectivity index (χ0v) is 12.4. The van der Waals surface area contributed by atoms with Crippen LogP contribution >= 0.6 is 12.2 Å². The monoisotopic (exact) mass is 294 g/mol. The molecule has 0 aliphatic carbocycles. The Morgan fingerprint density at radius 3 is 2.85 bits per heavy atom. The first kappa shape index (κ1) is 16.0. The van der Waals surface area contributed by atoms with Gasteiger partial charge in [0.05, 0.1) is 18.0 Å². The molecule has 7 heteroatoms. The van der Waals surface area contributed by atoms with Gasteiger partial charge in [0, 0.05) is 6.20 Å². The average Bonchev–Trinajstić information content (AvgIpc) is 2.47. The predicted octanol–water partition coefficient (Wildman–Crippen LogP) is 1.22. The van der Waals surface area contributed by atoms with E-state index in [1.54, 1.807) is 13.1 Å². The Bertz CT molecular complexity index is 477. The number of hydrogen-bond donors (Lipinski definition) is 2. The number of carbonyl (C=O) groups excluding carboxylic acids is 1. The standard InChI is InChI=1S/C13H18N4O2S/c1-3-10(11-7-5-6-8-14-11)16-17-13(20)15-9-12(18)19-4-2/h5-8H,3-4,9H2,1-2H3,(H2,15,17,20)/b16-10+. The van der Waals surface area contributed by atoms with Gasteiger partial charge in [0.2, 0.25) is 0 Å². The van der Waals surface area contributed by atoms with Crippen LogP contribution in [-0.4, -0.2) is 34.9 Å². The molecule has 0 unspecified atom stereocenters. The zero-order chi connectivity index (χ0) is 14.8. The molecule has 108 valence electrons. The maximum absolute atomic E-state index is 11.1. The molecule has 0 saturated carbocycles. The van der Waals surface area contributed by atoms with E-state index in [0.717, 1.165) is 11.4 Å². The van der Waals surface area contributed by atoms with Crippen molar-refractivity contribution >= 4 is 29.0 Å². The number of nitrogens with one attached hydrogen (secondary N) is 2. The number of aromatic nitrogens is 1. The molecule has 0 radical (unpaired) electrons. The van der Waals surface area contributed by atoms with Crippen LogP contribution in [0, 0.1) is 0 Å². The maximum atomic E-state index is 11.1. The smallest absolute Gasteiger partial charge is 0.325 e. The topological polar surface area (TPSA) is 75.6 Å². The second-order valence-corrected chi connectivity index (χ2v) is 4.13. The largest absolute Gasteiger partial charge is 0.465 e. The van der Waals surface area contributed by atoms with Crippen molar-refractivity contribution in [2.75, 3.05) is 13.2 Å². The van der Waals surface area contributed by atoms with Crippen LogP contribution in [0.4, 0.5) is 0 Å². The van der Waals surface area contributed by atoms with Crippen LogP contribution in [-0.2, 0) is 9.53 Å². The Balaban J connectivity index is 2.49. The van der Waals surface area contributed by atoms with Gasteiger partial charge in [0.1, 0.15) is 6.54 Å². The molecule has 0 bridgehead atoms. The lowest BCUT2D eigenvalue weighted by Crippen LogP contribution is -2.36. The molecule has 0 fully saturated rings. The fourth-order valence-electron chi connectivity index (χ4n) is 1.37. The molecule has 20 heavy (non-hydrogen) atoms. The fourth-order valence-corrected chi connectivity index (χ4v) is 1.49. The third kappa shape index (κ3) is 5.75. The number of carbonyl (C=O) groups is 1. The highest BCUT2D eigenvalue weighted by atomic mass is 32.1.